The maximum absolute atomic E-state index is 13.4. The second-order valence-corrected chi connectivity index (χ2v) is 8.28. The highest BCUT2D eigenvalue weighted by molar-refractivity contribution is 5.81. The van der Waals surface area contributed by atoms with Gasteiger partial charge in [0.2, 0.25) is 5.91 Å². The Kier molecular flexibility index (Phi) is 7.45. The molecule has 5 nitrogen and oxygen atoms in total. The Labute approximate surface area is 172 Å². The van der Waals surface area contributed by atoms with Crippen LogP contribution in [-0.4, -0.2) is 49.5 Å². The fourth-order valence-corrected chi connectivity index (χ4v) is 4.26. The lowest BCUT2D eigenvalue weighted by Gasteiger charge is -2.26. The SMILES string of the molecule is CN=C(NCC(C)c1ccc(F)c(F)c1)NC1CCN(C(=O)C2CCCCC2)C1. The smallest absolute Gasteiger partial charge is 0.225 e. The maximum atomic E-state index is 13.4. The number of halogens is 2. The van der Waals surface area contributed by atoms with Crippen LogP contribution >= 0.6 is 0 Å². The van der Waals surface area contributed by atoms with Gasteiger partial charge in [-0.15, -0.1) is 0 Å². The van der Waals surface area contributed by atoms with Gasteiger partial charge in [0.25, 0.3) is 0 Å². The number of guanidine groups is 1. The van der Waals surface area contributed by atoms with E-state index in [2.05, 4.69) is 15.6 Å². The molecule has 2 aliphatic rings. The van der Waals surface area contributed by atoms with Crippen molar-refractivity contribution in [3.63, 3.8) is 0 Å². The first-order valence-electron chi connectivity index (χ1n) is 10.7. The first kappa shape index (κ1) is 21.5. The molecule has 3 rings (SSSR count). The highest BCUT2D eigenvalue weighted by Gasteiger charge is 2.31. The normalized spacial score (nSPS) is 21.9. The number of rotatable bonds is 5. The van der Waals surface area contributed by atoms with Crippen molar-refractivity contribution in [3.05, 3.63) is 35.4 Å². The monoisotopic (exact) mass is 406 g/mol. The number of nitrogens with one attached hydrogen (secondary N) is 2. The van der Waals surface area contributed by atoms with Crippen molar-refractivity contribution in [1.82, 2.24) is 15.5 Å². The van der Waals surface area contributed by atoms with Gasteiger partial charge in [0.05, 0.1) is 0 Å². The van der Waals surface area contributed by atoms with Crippen LogP contribution in [0.15, 0.2) is 23.2 Å². The Bertz CT molecular complexity index is 734. The Balaban J connectivity index is 1.46. The van der Waals surface area contributed by atoms with Crippen molar-refractivity contribution in [2.45, 2.75) is 57.4 Å². The van der Waals surface area contributed by atoms with Gasteiger partial charge in [0, 0.05) is 38.6 Å². The molecule has 2 atom stereocenters. The fourth-order valence-electron chi connectivity index (χ4n) is 4.26. The quantitative estimate of drug-likeness (QED) is 0.582. The van der Waals surface area contributed by atoms with Gasteiger partial charge in [-0.25, -0.2) is 8.78 Å². The summed E-state index contributed by atoms with van der Waals surface area (Å²) in [6.45, 7) is 3.99. The minimum Gasteiger partial charge on any atom is -0.356 e. The predicted octanol–water partition coefficient (Wildman–Crippen LogP) is 3.41. The molecule has 0 aromatic heterocycles. The number of carbonyl (C=O) groups is 1. The third kappa shape index (κ3) is 5.67. The lowest BCUT2D eigenvalue weighted by Crippen LogP contribution is -2.46. The van der Waals surface area contributed by atoms with Gasteiger partial charge in [-0.3, -0.25) is 9.79 Å². The third-order valence-corrected chi connectivity index (χ3v) is 6.11. The van der Waals surface area contributed by atoms with Crippen LogP contribution in [0.2, 0.25) is 0 Å². The van der Waals surface area contributed by atoms with Crippen molar-refractivity contribution in [2.75, 3.05) is 26.7 Å². The number of amides is 1. The third-order valence-electron chi connectivity index (χ3n) is 6.11. The fraction of sp³-hybridized carbons (Fsp3) is 0.636. The van der Waals surface area contributed by atoms with Gasteiger partial charge >= 0.3 is 0 Å². The summed E-state index contributed by atoms with van der Waals surface area (Å²) in [6.07, 6.45) is 6.53. The largest absolute Gasteiger partial charge is 0.356 e. The average molecular weight is 407 g/mol. The van der Waals surface area contributed by atoms with Crippen LogP contribution in [0.3, 0.4) is 0 Å². The number of likely N-dealkylation sites (tertiary alicyclic amines) is 1. The van der Waals surface area contributed by atoms with Crippen LogP contribution < -0.4 is 10.6 Å². The molecule has 160 valence electrons. The molecule has 2 unspecified atom stereocenters. The second kappa shape index (κ2) is 10.0. The van der Waals surface area contributed by atoms with Gasteiger partial charge < -0.3 is 15.5 Å². The zero-order valence-electron chi connectivity index (χ0n) is 17.4. The number of hydrogen-bond donors (Lipinski definition) is 2. The first-order chi connectivity index (χ1) is 14.0. The van der Waals surface area contributed by atoms with Crippen molar-refractivity contribution >= 4 is 11.9 Å². The zero-order chi connectivity index (χ0) is 20.8. The molecule has 0 radical (unpaired) electrons. The first-order valence-corrected chi connectivity index (χ1v) is 10.7. The van der Waals surface area contributed by atoms with E-state index < -0.39 is 11.6 Å². The topological polar surface area (TPSA) is 56.7 Å². The molecule has 2 fully saturated rings. The van der Waals surface area contributed by atoms with E-state index in [0.717, 1.165) is 37.4 Å². The van der Waals surface area contributed by atoms with E-state index in [0.29, 0.717) is 25.0 Å². The number of nitrogens with zero attached hydrogens (tertiary/aromatic N) is 2. The summed E-state index contributed by atoms with van der Waals surface area (Å²) in [5.74, 6) is -0.487. The number of carbonyl (C=O) groups excluding carboxylic acids is 1. The van der Waals surface area contributed by atoms with Crippen molar-refractivity contribution < 1.29 is 13.6 Å². The molecule has 7 heteroatoms. The molecule has 1 amide bonds. The molecule has 29 heavy (non-hydrogen) atoms. The molecular formula is C22H32F2N4O. The second-order valence-electron chi connectivity index (χ2n) is 8.28. The van der Waals surface area contributed by atoms with Gasteiger partial charge in [0.1, 0.15) is 0 Å². The van der Waals surface area contributed by atoms with Crippen molar-refractivity contribution in [2.24, 2.45) is 10.9 Å². The van der Waals surface area contributed by atoms with Crippen LogP contribution in [0.1, 0.15) is 56.9 Å². The molecule has 0 bridgehead atoms. The van der Waals surface area contributed by atoms with Crippen LogP contribution in [0.5, 0.6) is 0 Å². The van der Waals surface area contributed by atoms with Gasteiger partial charge in [-0.1, -0.05) is 32.3 Å². The summed E-state index contributed by atoms with van der Waals surface area (Å²) in [4.78, 5) is 19.0. The average Bonchev–Trinajstić information content (AvgIpc) is 3.21. The standard InChI is InChI=1S/C22H32F2N4O/c1-15(17-8-9-19(23)20(24)12-17)13-26-22(25-2)27-18-10-11-28(14-18)21(29)16-6-4-3-5-7-16/h8-9,12,15-16,18H,3-7,10-11,13-14H2,1-2H3,(H2,25,26,27). The highest BCUT2D eigenvalue weighted by atomic mass is 19.2. The van der Waals surface area contributed by atoms with Crippen molar-refractivity contribution in [3.8, 4) is 0 Å². The molecule has 1 heterocycles. The lowest BCUT2D eigenvalue weighted by atomic mass is 9.88. The van der Waals surface area contributed by atoms with E-state index >= 15 is 0 Å². The number of benzene rings is 1. The molecule has 1 aromatic carbocycles. The lowest BCUT2D eigenvalue weighted by molar-refractivity contribution is -0.135. The molecule has 0 spiro atoms. The molecule has 2 N–H and O–H groups in total. The summed E-state index contributed by atoms with van der Waals surface area (Å²) in [5, 5.41) is 6.65. The minimum absolute atomic E-state index is 0.00314. The predicted molar refractivity (Wildman–Crippen MR) is 111 cm³/mol. The van der Waals surface area contributed by atoms with E-state index in [1.54, 1.807) is 13.1 Å². The minimum atomic E-state index is -0.833. The van der Waals surface area contributed by atoms with E-state index in [4.69, 9.17) is 0 Å². The molecular weight excluding hydrogens is 374 g/mol. The molecule has 1 aromatic rings. The number of hydrogen-bond acceptors (Lipinski definition) is 2. The van der Waals surface area contributed by atoms with Gasteiger partial charge in [-0.2, -0.15) is 0 Å². The Morgan fingerprint density at radius 3 is 2.66 bits per heavy atom. The summed E-state index contributed by atoms with van der Waals surface area (Å²) < 4.78 is 26.6. The van der Waals surface area contributed by atoms with E-state index in [-0.39, 0.29) is 17.9 Å². The Morgan fingerprint density at radius 1 is 1.21 bits per heavy atom. The van der Waals surface area contributed by atoms with E-state index in [9.17, 15) is 13.6 Å². The van der Waals surface area contributed by atoms with Crippen LogP contribution in [0.25, 0.3) is 0 Å². The van der Waals surface area contributed by atoms with Crippen LogP contribution in [-0.2, 0) is 4.79 Å². The summed E-state index contributed by atoms with van der Waals surface area (Å²) in [6, 6.07) is 4.17. The van der Waals surface area contributed by atoms with E-state index in [1.165, 1.54) is 25.3 Å². The van der Waals surface area contributed by atoms with E-state index in [1.807, 2.05) is 11.8 Å². The van der Waals surface area contributed by atoms with Crippen molar-refractivity contribution in [1.29, 1.82) is 0 Å². The van der Waals surface area contributed by atoms with Gasteiger partial charge in [-0.05, 0) is 42.9 Å². The van der Waals surface area contributed by atoms with Gasteiger partial charge in [0.15, 0.2) is 17.6 Å². The Morgan fingerprint density at radius 2 is 1.97 bits per heavy atom. The van der Waals surface area contributed by atoms with Crippen LogP contribution in [0, 0.1) is 17.6 Å². The summed E-state index contributed by atoms with van der Waals surface area (Å²) in [7, 11) is 1.71. The highest BCUT2D eigenvalue weighted by Crippen LogP contribution is 2.26. The summed E-state index contributed by atoms with van der Waals surface area (Å²) >= 11 is 0. The summed E-state index contributed by atoms with van der Waals surface area (Å²) in [5.41, 5.74) is 0.733. The Hall–Kier alpha value is -2.18. The molecule has 1 aliphatic heterocycles. The zero-order valence-corrected chi connectivity index (χ0v) is 17.4. The number of aliphatic imine (C=N–C) groups is 1. The van der Waals surface area contributed by atoms with Crippen LogP contribution in [0.4, 0.5) is 8.78 Å². The molecule has 1 saturated heterocycles. The molecule has 1 saturated carbocycles. The molecule has 1 aliphatic carbocycles. The maximum Gasteiger partial charge on any atom is 0.225 e.